The van der Waals surface area contributed by atoms with Crippen molar-refractivity contribution in [2.45, 2.75) is 13.1 Å². The lowest BCUT2D eigenvalue weighted by Gasteiger charge is -2.09. The number of ether oxygens (including phenoxy) is 2. The van der Waals surface area contributed by atoms with Crippen molar-refractivity contribution in [1.82, 2.24) is 5.32 Å². The average Bonchev–Trinajstić information content (AvgIpc) is 2.56. The first-order chi connectivity index (χ1) is 10.8. The van der Waals surface area contributed by atoms with Gasteiger partial charge < -0.3 is 14.8 Å². The van der Waals surface area contributed by atoms with Gasteiger partial charge in [-0.15, -0.1) is 0 Å². The van der Waals surface area contributed by atoms with Gasteiger partial charge in [0, 0.05) is 20.2 Å². The maximum absolute atomic E-state index is 8.89. The molecule has 4 nitrogen and oxygen atoms in total. The smallest absolute Gasteiger partial charge is 0.119 e. The van der Waals surface area contributed by atoms with E-state index in [1.807, 2.05) is 42.5 Å². The maximum atomic E-state index is 8.89. The standard InChI is InChI=1S/C18H20N2O2/c1-21-8-9-22-18-7-3-6-17(11-18)14-20-13-16-5-2-4-15(10-16)12-19/h2-7,10-11,20H,8-9,13-14H2,1H3. The van der Waals surface area contributed by atoms with Gasteiger partial charge in [0.05, 0.1) is 18.2 Å². The van der Waals surface area contributed by atoms with E-state index in [2.05, 4.69) is 17.5 Å². The molecule has 0 spiro atoms. The molecule has 0 fully saturated rings. The molecule has 0 atom stereocenters. The number of nitriles is 1. The highest BCUT2D eigenvalue weighted by atomic mass is 16.5. The van der Waals surface area contributed by atoms with E-state index in [0.717, 1.165) is 30.0 Å². The van der Waals surface area contributed by atoms with Crippen LogP contribution in [0.25, 0.3) is 0 Å². The summed E-state index contributed by atoms with van der Waals surface area (Å²) in [6, 6.07) is 17.8. The van der Waals surface area contributed by atoms with Gasteiger partial charge in [-0.1, -0.05) is 24.3 Å². The molecule has 2 aromatic rings. The van der Waals surface area contributed by atoms with Gasteiger partial charge in [0.25, 0.3) is 0 Å². The Balaban J connectivity index is 1.83. The molecular weight excluding hydrogens is 276 g/mol. The number of hydrogen-bond acceptors (Lipinski definition) is 4. The van der Waals surface area contributed by atoms with Crippen molar-refractivity contribution in [2.24, 2.45) is 0 Å². The largest absolute Gasteiger partial charge is 0.491 e. The quantitative estimate of drug-likeness (QED) is 0.761. The summed E-state index contributed by atoms with van der Waals surface area (Å²) in [5.41, 5.74) is 2.95. The highest BCUT2D eigenvalue weighted by Crippen LogP contribution is 2.13. The molecule has 0 aliphatic carbocycles. The molecule has 0 heterocycles. The number of benzene rings is 2. The number of rotatable bonds is 8. The third-order valence-corrected chi connectivity index (χ3v) is 3.17. The molecule has 22 heavy (non-hydrogen) atoms. The summed E-state index contributed by atoms with van der Waals surface area (Å²) in [6.07, 6.45) is 0. The lowest BCUT2D eigenvalue weighted by atomic mass is 10.1. The van der Waals surface area contributed by atoms with Gasteiger partial charge >= 0.3 is 0 Å². The van der Waals surface area contributed by atoms with E-state index in [9.17, 15) is 0 Å². The van der Waals surface area contributed by atoms with Gasteiger partial charge in [-0.2, -0.15) is 5.26 Å². The molecule has 2 rings (SSSR count). The van der Waals surface area contributed by atoms with Crippen LogP contribution in [0.1, 0.15) is 16.7 Å². The van der Waals surface area contributed by atoms with E-state index in [4.69, 9.17) is 14.7 Å². The Morgan fingerprint density at radius 2 is 1.73 bits per heavy atom. The predicted octanol–water partition coefficient (Wildman–Crippen LogP) is 2.87. The zero-order valence-corrected chi connectivity index (χ0v) is 12.7. The molecular formula is C18H20N2O2. The van der Waals surface area contributed by atoms with E-state index in [1.54, 1.807) is 7.11 Å². The molecule has 0 unspecified atom stereocenters. The molecule has 0 saturated carbocycles. The summed E-state index contributed by atoms with van der Waals surface area (Å²) >= 11 is 0. The normalized spacial score (nSPS) is 10.2. The molecule has 0 saturated heterocycles. The molecule has 0 aromatic heterocycles. The summed E-state index contributed by atoms with van der Waals surface area (Å²) in [4.78, 5) is 0. The molecule has 0 aliphatic rings. The van der Waals surface area contributed by atoms with Crippen molar-refractivity contribution in [3.05, 3.63) is 65.2 Å². The third-order valence-electron chi connectivity index (χ3n) is 3.17. The number of nitrogens with one attached hydrogen (secondary N) is 1. The van der Waals surface area contributed by atoms with Crippen LogP contribution in [-0.4, -0.2) is 20.3 Å². The Morgan fingerprint density at radius 1 is 1.00 bits per heavy atom. The lowest BCUT2D eigenvalue weighted by Crippen LogP contribution is -2.13. The van der Waals surface area contributed by atoms with Crippen LogP contribution in [0.4, 0.5) is 0 Å². The van der Waals surface area contributed by atoms with Crippen molar-refractivity contribution in [3.63, 3.8) is 0 Å². The van der Waals surface area contributed by atoms with Crippen LogP contribution >= 0.6 is 0 Å². The molecule has 0 amide bonds. The first kappa shape index (κ1) is 16.0. The number of methoxy groups -OCH3 is 1. The predicted molar refractivity (Wildman–Crippen MR) is 85.5 cm³/mol. The van der Waals surface area contributed by atoms with E-state index in [1.165, 1.54) is 0 Å². The second-order valence-electron chi connectivity index (χ2n) is 4.90. The monoisotopic (exact) mass is 296 g/mol. The minimum absolute atomic E-state index is 0.550. The minimum atomic E-state index is 0.550. The number of hydrogen-bond donors (Lipinski definition) is 1. The van der Waals surface area contributed by atoms with Crippen molar-refractivity contribution < 1.29 is 9.47 Å². The maximum Gasteiger partial charge on any atom is 0.119 e. The molecule has 0 radical (unpaired) electrons. The molecule has 1 N–H and O–H groups in total. The SMILES string of the molecule is COCCOc1cccc(CNCc2cccc(C#N)c2)c1. The summed E-state index contributed by atoms with van der Waals surface area (Å²) in [7, 11) is 1.66. The average molecular weight is 296 g/mol. The Hall–Kier alpha value is -2.35. The molecule has 0 bridgehead atoms. The van der Waals surface area contributed by atoms with Gasteiger partial charge in [-0.3, -0.25) is 0 Å². The fourth-order valence-electron chi connectivity index (χ4n) is 2.09. The Bertz CT molecular complexity index is 635. The van der Waals surface area contributed by atoms with Crippen molar-refractivity contribution >= 4 is 0 Å². The Labute approximate surface area is 131 Å². The highest BCUT2D eigenvalue weighted by Gasteiger charge is 1.99. The van der Waals surface area contributed by atoms with E-state index in [-0.39, 0.29) is 0 Å². The fourth-order valence-corrected chi connectivity index (χ4v) is 2.09. The summed E-state index contributed by atoms with van der Waals surface area (Å²) < 4.78 is 10.6. The van der Waals surface area contributed by atoms with Crippen LogP contribution in [0.3, 0.4) is 0 Å². The van der Waals surface area contributed by atoms with E-state index >= 15 is 0 Å². The Kier molecular flexibility index (Phi) is 6.43. The van der Waals surface area contributed by atoms with E-state index < -0.39 is 0 Å². The molecule has 0 aliphatic heterocycles. The number of nitrogens with zero attached hydrogens (tertiary/aromatic N) is 1. The summed E-state index contributed by atoms with van der Waals surface area (Å²) in [5.74, 6) is 0.850. The summed E-state index contributed by atoms with van der Waals surface area (Å²) in [5, 5.41) is 12.3. The van der Waals surface area contributed by atoms with Gasteiger partial charge in [0.1, 0.15) is 12.4 Å². The topological polar surface area (TPSA) is 54.3 Å². The van der Waals surface area contributed by atoms with E-state index in [0.29, 0.717) is 18.8 Å². The van der Waals surface area contributed by atoms with Crippen molar-refractivity contribution in [2.75, 3.05) is 20.3 Å². The van der Waals surface area contributed by atoms with Crippen molar-refractivity contribution in [1.29, 1.82) is 5.26 Å². The van der Waals surface area contributed by atoms with Gasteiger partial charge in [0.2, 0.25) is 0 Å². The van der Waals surface area contributed by atoms with Crippen LogP contribution in [0.15, 0.2) is 48.5 Å². The minimum Gasteiger partial charge on any atom is -0.491 e. The van der Waals surface area contributed by atoms with Gasteiger partial charge in [-0.05, 0) is 35.4 Å². The van der Waals surface area contributed by atoms with Crippen LogP contribution in [0, 0.1) is 11.3 Å². The van der Waals surface area contributed by atoms with Crippen LogP contribution < -0.4 is 10.1 Å². The molecule has 4 heteroatoms. The zero-order valence-electron chi connectivity index (χ0n) is 12.7. The molecule has 2 aromatic carbocycles. The first-order valence-electron chi connectivity index (χ1n) is 7.22. The fraction of sp³-hybridized carbons (Fsp3) is 0.278. The zero-order chi connectivity index (χ0) is 15.6. The van der Waals surface area contributed by atoms with Crippen LogP contribution in [-0.2, 0) is 17.8 Å². The highest BCUT2D eigenvalue weighted by molar-refractivity contribution is 5.33. The van der Waals surface area contributed by atoms with Crippen LogP contribution in [0.2, 0.25) is 0 Å². The van der Waals surface area contributed by atoms with Gasteiger partial charge in [-0.25, -0.2) is 0 Å². The van der Waals surface area contributed by atoms with Gasteiger partial charge in [0.15, 0.2) is 0 Å². The van der Waals surface area contributed by atoms with Crippen LogP contribution in [0.5, 0.6) is 5.75 Å². The second kappa shape index (κ2) is 8.83. The lowest BCUT2D eigenvalue weighted by molar-refractivity contribution is 0.146. The second-order valence-corrected chi connectivity index (χ2v) is 4.90. The van der Waals surface area contributed by atoms with Crippen molar-refractivity contribution in [3.8, 4) is 11.8 Å². The summed E-state index contributed by atoms with van der Waals surface area (Å²) in [6.45, 7) is 2.61. The third kappa shape index (κ3) is 5.21. The Morgan fingerprint density at radius 3 is 2.45 bits per heavy atom. The molecule has 114 valence electrons. The first-order valence-corrected chi connectivity index (χ1v) is 7.22.